The summed E-state index contributed by atoms with van der Waals surface area (Å²) in [7, 11) is 1.99. The van der Waals surface area contributed by atoms with Crippen LogP contribution < -0.4 is 0 Å². The van der Waals surface area contributed by atoms with Crippen molar-refractivity contribution >= 4 is 5.91 Å². The molecule has 0 aromatic rings. The fraction of sp³-hybridized carbons (Fsp3) is 0.923. The summed E-state index contributed by atoms with van der Waals surface area (Å²) in [6.07, 6.45) is 4.63. The average molecular weight is 209 g/mol. The molecule has 0 radical (unpaired) electrons. The van der Waals surface area contributed by atoms with E-state index in [0.717, 1.165) is 11.8 Å². The summed E-state index contributed by atoms with van der Waals surface area (Å²) in [5, 5.41) is 0. The predicted octanol–water partition coefficient (Wildman–Crippen LogP) is 2.68. The van der Waals surface area contributed by atoms with Crippen LogP contribution in [0, 0.1) is 17.3 Å². The molecule has 2 heteroatoms. The number of nitrogens with zero attached hydrogens (tertiary/aromatic N) is 1. The van der Waals surface area contributed by atoms with Crippen LogP contribution in [0.25, 0.3) is 0 Å². The van der Waals surface area contributed by atoms with Crippen molar-refractivity contribution in [2.24, 2.45) is 17.3 Å². The van der Waals surface area contributed by atoms with Crippen LogP contribution in [0.2, 0.25) is 0 Å². The molecule has 2 fully saturated rings. The molecule has 0 heterocycles. The van der Waals surface area contributed by atoms with Crippen LogP contribution in [0.4, 0.5) is 0 Å². The summed E-state index contributed by atoms with van der Waals surface area (Å²) in [5.74, 6) is 2.24. The van der Waals surface area contributed by atoms with E-state index in [2.05, 4.69) is 20.8 Å². The first-order valence-corrected chi connectivity index (χ1v) is 6.12. The number of hydrogen-bond acceptors (Lipinski definition) is 1. The standard InChI is InChI=1S/C13H23NO/c1-13(2,3)8-12(15)14(4)11-6-9-5-10(9)7-11/h9-11H,5-8H2,1-4H3. The molecule has 0 saturated heterocycles. The highest BCUT2D eigenvalue weighted by Gasteiger charge is 2.47. The molecule has 2 atom stereocenters. The molecule has 86 valence electrons. The minimum Gasteiger partial charge on any atom is -0.343 e. The molecule has 0 aromatic carbocycles. The number of amides is 1. The van der Waals surface area contributed by atoms with Gasteiger partial charge in [-0.25, -0.2) is 0 Å². The Bertz CT molecular complexity index is 256. The molecular weight excluding hydrogens is 186 g/mol. The Labute approximate surface area is 93.0 Å². The van der Waals surface area contributed by atoms with Crippen LogP contribution in [-0.4, -0.2) is 23.9 Å². The lowest BCUT2D eigenvalue weighted by Gasteiger charge is -2.29. The van der Waals surface area contributed by atoms with Crippen molar-refractivity contribution in [3.05, 3.63) is 0 Å². The molecule has 0 aromatic heterocycles. The van der Waals surface area contributed by atoms with Crippen LogP contribution in [-0.2, 0) is 4.79 Å². The quantitative estimate of drug-likeness (QED) is 0.684. The number of carbonyl (C=O) groups excluding carboxylic acids is 1. The number of hydrogen-bond donors (Lipinski definition) is 0. The van der Waals surface area contributed by atoms with Gasteiger partial charge < -0.3 is 4.90 Å². The van der Waals surface area contributed by atoms with Gasteiger partial charge in [-0.15, -0.1) is 0 Å². The average Bonchev–Trinajstić information content (AvgIpc) is 2.69. The van der Waals surface area contributed by atoms with Crippen molar-refractivity contribution in [1.29, 1.82) is 0 Å². The van der Waals surface area contributed by atoms with Gasteiger partial charge in [0.05, 0.1) is 0 Å². The van der Waals surface area contributed by atoms with Crippen LogP contribution in [0.15, 0.2) is 0 Å². The molecule has 2 nitrogen and oxygen atoms in total. The summed E-state index contributed by atoms with van der Waals surface area (Å²) < 4.78 is 0. The van der Waals surface area contributed by atoms with Crippen molar-refractivity contribution in [1.82, 2.24) is 4.90 Å². The van der Waals surface area contributed by atoms with E-state index in [1.807, 2.05) is 11.9 Å². The molecule has 2 saturated carbocycles. The van der Waals surface area contributed by atoms with E-state index in [1.54, 1.807) is 0 Å². The summed E-state index contributed by atoms with van der Waals surface area (Å²) in [5.41, 5.74) is 0.118. The van der Waals surface area contributed by atoms with E-state index in [-0.39, 0.29) is 5.41 Å². The first-order chi connectivity index (χ1) is 6.87. The van der Waals surface area contributed by atoms with Gasteiger partial charge in [-0.05, 0) is 36.5 Å². The molecule has 2 aliphatic carbocycles. The van der Waals surface area contributed by atoms with Crippen molar-refractivity contribution in [3.8, 4) is 0 Å². The van der Waals surface area contributed by atoms with Gasteiger partial charge in [0.1, 0.15) is 0 Å². The fourth-order valence-electron chi connectivity index (χ4n) is 2.78. The van der Waals surface area contributed by atoms with E-state index < -0.39 is 0 Å². The second-order valence-corrected chi connectivity index (χ2v) is 6.62. The Morgan fingerprint density at radius 2 is 1.73 bits per heavy atom. The number of fused-ring (bicyclic) bond motifs is 1. The van der Waals surface area contributed by atoms with Crippen LogP contribution in [0.3, 0.4) is 0 Å². The third-order valence-corrected chi connectivity index (χ3v) is 3.84. The lowest BCUT2D eigenvalue weighted by atomic mass is 9.91. The van der Waals surface area contributed by atoms with Gasteiger partial charge in [0.15, 0.2) is 0 Å². The summed E-state index contributed by atoms with van der Waals surface area (Å²) in [6, 6.07) is 0.545. The highest BCUT2D eigenvalue weighted by atomic mass is 16.2. The monoisotopic (exact) mass is 209 g/mol. The summed E-state index contributed by atoms with van der Waals surface area (Å²) in [6.45, 7) is 6.39. The van der Waals surface area contributed by atoms with Gasteiger partial charge >= 0.3 is 0 Å². The maximum atomic E-state index is 12.0. The molecule has 15 heavy (non-hydrogen) atoms. The third-order valence-electron chi connectivity index (χ3n) is 3.84. The molecule has 2 rings (SSSR count). The molecule has 0 aliphatic heterocycles. The zero-order valence-corrected chi connectivity index (χ0v) is 10.4. The van der Waals surface area contributed by atoms with Crippen molar-refractivity contribution in [2.45, 2.75) is 52.5 Å². The topological polar surface area (TPSA) is 20.3 Å². The van der Waals surface area contributed by atoms with Crippen molar-refractivity contribution in [3.63, 3.8) is 0 Å². The molecule has 0 bridgehead atoms. The SMILES string of the molecule is CN(C(=O)CC(C)(C)C)C1CC2CC2C1. The Balaban J connectivity index is 1.84. The number of carbonyl (C=O) groups is 1. The van der Waals surface area contributed by atoms with Crippen LogP contribution in [0.1, 0.15) is 46.5 Å². The van der Waals surface area contributed by atoms with Gasteiger partial charge in [-0.1, -0.05) is 20.8 Å². The highest BCUT2D eigenvalue weighted by Crippen LogP contribution is 2.52. The van der Waals surface area contributed by atoms with E-state index in [1.165, 1.54) is 19.3 Å². The second-order valence-electron chi connectivity index (χ2n) is 6.62. The van der Waals surface area contributed by atoms with Crippen molar-refractivity contribution in [2.75, 3.05) is 7.05 Å². The molecule has 1 amide bonds. The van der Waals surface area contributed by atoms with Gasteiger partial charge in [0, 0.05) is 19.5 Å². The smallest absolute Gasteiger partial charge is 0.223 e. The third kappa shape index (κ3) is 2.53. The highest BCUT2D eigenvalue weighted by molar-refractivity contribution is 5.76. The first kappa shape index (κ1) is 11.0. The Morgan fingerprint density at radius 3 is 2.20 bits per heavy atom. The van der Waals surface area contributed by atoms with Crippen LogP contribution in [0.5, 0.6) is 0 Å². The van der Waals surface area contributed by atoms with Crippen molar-refractivity contribution < 1.29 is 4.79 Å². The summed E-state index contributed by atoms with van der Waals surface area (Å²) in [4.78, 5) is 14.0. The predicted molar refractivity (Wildman–Crippen MR) is 61.5 cm³/mol. The zero-order valence-electron chi connectivity index (χ0n) is 10.4. The van der Waals surface area contributed by atoms with Gasteiger partial charge in [-0.2, -0.15) is 0 Å². The van der Waals surface area contributed by atoms with E-state index in [4.69, 9.17) is 0 Å². The number of rotatable bonds is 2. The van der Waals surface area contributed by atoms with Crippen LogP contribution >= 0.6 is 0 Å². The normalized spacial score (nSPS) is 33.7. The van der Waals surface area contributed by atoms with E-state index in [9.17, 15) is 4.79 Å². The van der Waals surface area contributed by atoms with Gasteiger partial charge in [0.25, 0.3) is 0 Å². The summed E-state index contributed by atoms with van der Waals surface area (Å²) >= 11 is 0. The zero-order chi connectivity index (χ0) is 11.2. The largest absolute Gasteiger partial charge is 0.343 e. The second kappa shape index (κ2) is 3.50. The van der Waals surface area contributed by atoms with E-state index in [0.29, 0.717) is 18.4 Å². The van der Waals surface area contributed by atoms with Gasteiger partial charge in [0.2, 0.25) is 5.91 Å². The Hall–Kier alpha value is -0.530. The molecule has 2 unspecified atom stereocenters. The molecule has 2 aliphatic rings. The lowest BCUT2D eigenvalue weighted by molar-refractivity contribution is -0.133. The first-order valence-electron chi connectivity index (χ1n) is 6.12. The molecule has 0 N–H and O–H groups in total. The Kier molecular flexibility index (Phi) is 2.56. The molecular formula is C13H23NO. The minimum atomic E-state index is 0.118. The van der Waals surface area contributed by atoms with E-state index >= 15 is 0 Å². The fourth-order valence-corrected chi connectivity index (χ4v) is 2.78. The minimum absolute atomic E-state index is 0.118. The Morgan fingerprint density at radius 1 is 1.20 bits per heavy atom. The lowest BCUT2D eigenvalue weighted by Crippen LogP contribution is -2.37. The molecule has 0 spiro atoms. The maximum absolute atomic E-state index is 12.0. The maximum Gasteiger partial charge on any atom is 0.223 e. The van der Waals surface area contributed by atoms with Gasteiger partial charge in [-0.3, -0.25) is 4.79 Å².